The van der Waals surface area contributed by atoms with Gasteiger partial charge < -0.3 is 15.2 Å². The number of likely N-dealkylation sites (tertiary alicyclic amines) is 1. The Kier molecular flexibility index (Phi) is 5.07. The van der Waals surface area contributed by atoms with Gasteiger partial charge in [-0.25, -0.2) is 4.98 Å². The summed E-state index contributed by atoms with van der Waals surface area (Å²) in [4.78, 5) is 33.3. The number of hydrogen-bond donors (Lipinski definition) is 2. The SMILES string of the molecule is O=C(CC1CN(C(=O)C#Cc2ccccc2)C1)NCc1ccnc2[nH]ccc12. The minimum absolute atomic E-state index is 0.00651. The van der Waals surface area contributed by atoms with E-state index in [9.17, 15) is 9.59 Å². The Morgan fingerprint density at radius 2 is 2.00 bits per heavy atom. The van der Waals surface area contributed by atoms with Gasteiger partial charge in [-0.2, -0.15) is 0 Å². The number of benzene rings is 1. The molecule has 0 saturated carbocycles. The number of hydrogen-bond acceptors (Lipinski definition) is 3. The number of carbonyl (C=O) groups excluding carboxylic acids is 2. The van der Waals surface area contributed by atoms with E-state index in [1.54, 1.807) is 11.1 Å². The molecule has 1 aliphatic rings. The number of aromatic nitrogens is 2. The summed E-state index contributed by atoms with van der Waals surface area (Å²) in [5, 5.41) is 3.97. The van der Waals surface area contributed by atoms with E-state index in [2.05, 4.69) is 27.1 Å². The molecular weight excluding hydrogens is 352 g/mol. The zero-order valence-corrected chi connectivity index (χ0v) is 15.3. The molecule has 28 heavy (non-hydrogen) atoms. The van der Waals surface area contributed by atoms with E-state index in [-0.39, 0.29) is 17.7 Å². The van der Waals surface area contributed by atoms with Crippen molar-refractivity contribution in [1.29, 1.82) is 0 Å². The van der Waals surface area contributed by atoms with E-state index >= 15 is 0 Å². The van der Waals surface area contributed by atoms with Gasteiger partial charge >= 0.3 is 0 Å². The highest BCUT2D eigenvalue weighted by molar-refractivity contribution is 5.94. The van der Waals surface area contributed by atoms with Crippen LogP contribution in [0, 0.1) is 17.8 Å². The van der Waals surface area contributed by atoms with E-state index in [0.29, 0.717) is 26.1 Å². The van der Waals surface area contributed by atoms with Gasteiger partial charge in [0.05, 0.1) is 0 Å². The predicted molar refractivity (Wildman–Crippen MR) is 106 cm³/mol. The zero-order valence-electron chi connectivity index (χ0n) is 15.3. The van der Waals surface area contributed by atoms with E-state index in [1.165, 1.54) is 0 Å². The van der Waals surface area contributed by atoms with Crippen LogP contribution in [0.15, 0.2) is 54.9 Å². The number of amides is 2. The van der Waals surface area contributed by atoms with Crippen molar-refractivity contribution in [2.75, 3.05) is 13.1 Å². The van der Waals surface area contributed by atoms with Crippen LogP contribution in [0.5, 0.6) is 0 Å². The number of fused-ring (bicyclic) bond motifs is 1. The lowest BCUT2D eigenvalue weighted by molar-refractivity contribution is -0.134. The number of nitrogens with zero attached hydrogens (tertiary/aromatic N) is 2. The molecule has 0 bridgehead atoms. The van der Waals surface area contributed by atoms with Crippen LogP contribution in [0.1, 0.15) is 17.5 Å². The highest BCUT2D eigenvalue weighted by Crippen LogP contribution is 2.19. The van der Waals surface area contributed by atoms with Crippen LogP contribution < -0.4 is 5.32 Å². The Morgan fingerprint density at radius 3 is 2.82 bits per heavy atom. The summed E-state index contributed by atoms with van der Waals surface area (Å²) in [6.45, 7) is 1.62. The Hall–Kier alpha value is -3.59. The lowest BCUT2D eigenvalue weighted by Gasteiger charge is -2.37. The first-order valence-corrected chi connectivity index (χ1v) is 9.22. The van der Waals surface area contributed by atoms with Gasteiger partial charge in [-0.1, -0.05) is 24.1 Å². The van der Waals surface area contributed by atoms with E-state index in [0.717, 1.165) is 22.2 Å². The maximum Gasteiger partial charge on any atom is 0.298 e. The molecule has 0 spiro atoms. The number of aromatic amines is 1. The fraction of sp³-hybridized carbons (Fsp3) is 0.227. The molecule has 1 fully saturated rings. The molecule has 0 atom stereocenters. The molecule has 1 aromatic carbocycles. The lowest BCUT2D eigenvalue weighted by atomic mass is 9.96. The molecule has 0 radical (unpaired) electrons. The summed E-state index contributed by atoms with van der Waals surface area (Å²) in [5.41, 5.74) is 2.66. The van der Waals surface area contributed by atoms with Crippen LogP contribution >= 0.6 is 0 Å². The van der Waals surface area contributed by atoms with Crippen molar-refractivity contribution in [3.8, 4) is 11.8 Å². The quantitative estimate of drug-likeness (QED) is 0.689. The summed E-state index contributed by atoms with van der Waals surface area (Å²) < 4.78 is 0. The number of rotatable bonds is 4. The molecule has 1 aliphatic heterocycles. The van der Waals surface area contributed by atoms with Crippen LogP contribution in [0.2, 0.25) is 0 Å². The van der Waals surface area contributed by atoms with Crippen LogP contribution in [-0.2, 0) is 16.1 Å². The highest BCUT2D eigenvalue weighted by atomic mass is 16.2. The number of pyridine rings is 1. The van der Waals surface area contributed by atoms with E-state index in [1.807, 2.05) is 48.7 Å². The maximum absolute atomic E-state index is 12.2. The predicted octanol–water partition coefficient (Wildman–Crippen LogP) is 2.08. The van der Waals surface area contributed by atoms with Gasteiger partial charge in [-0.15, -0.1) is 0 Å². The summed E-state index contributed by atoms with van der Waals surface area (Å²) in [7, 11) is 0. The summed E-state index contributed by atoms with van der Waals surface area (Å²) in [6, 6.07) is 13.3. The number of carbonyl (C=O) groups is 2. The van der Waals surface area contributed by atoms with Crippen LogP contribution in [0.25, 0.3) is 11.0 Å². The molecule has 140 valence electrons. The topological polar surface area (TPSA) is 78.1 Å². The average molecular weight is 372 g/mol. The fourth-order valence-electron chi connectivity index (χ4n) is 3.29. The normalized spacial score (nSPS) is 13.5. The first-order chi connectivity index (χ1) is 13.7. The molecule has 6 heteroatoms. The Labute approximate surface area is 163 Å². The standard InChI is InChI=1S/C22H20N4O2/c27-20(25-13-18-8-10-23-22-19(18)9-11-24-22)12-17-14-26(15-17)21(28)7-6-16-4-2-1-3-5-16/h1-5,8-11,17H,12-15H2,(H,23,24)(H,25,27). The minimum Gasteiger partial charge on any atom is -0.352 e. The van der Waals surface area contributed by atoms with Crippen LogP contribution in [-0.4, -0.2) is 39.8 Å². The fourth-order valence-corrected chi connectivity index (χ4v) is 3.29. The van der Waals surface area contributed by atoms with Gasteiger partial charge in [0.1, 0.15) is 5.65 Å². The molecule has 0 aliphatic carbocycles. The summed E-state index contributed by atoms with van der Waals surface area (Å²) in [6.07, 6.45) is 3.98. The third-order valence-electron chi connectivity index (χ3n) is 4.83. The van der Waals surface area contributed by atoms with Crippen molar-refractivity contribution < 1.29 is 9.59 Å². The van der Waals surface area contributed by atoms with Crippen molar-refractivity contribution in [3.05, 3.63) is 66.0 Å². The molecule has 2 aromatic heterocycles. The Balaban J connectivity index is 1.22. The monoisotopic (exact) mass is 372 g/mol. The number of nitrogens with one attached hydrogen (secondary N) is 2. The highest BCUT2D eigenvalue weighted by Gasteiger charge is 2.31. The smallest absolute Gasteiger partial charge is 0.298 e. The van der Waals surface area contributed by atoms with Gasteiger partial charge in [0.15, 0.2) is 0 Å². The van der Waals surface area contributed by atoms with Gasteiger partial charge in [-0.05, 0) is 29.8 Å². The third-order valence-corrected chi connectivity index (χ3v) is 4.83. The van der Waals surface area contributed by atoms with Crippen molar-refractivity contribution in [2.45, 2.75) is 13.0 Å². The summed E-state index contributed by atoms with van der Waals surface area (Å²) >= 11 is 0. The lowest BCUT2D eigenvalue weighted by Crippen LogP contribution is -2.50. The summed E-state index contributed by atoms with van der Waals surface area (Å²) in [5.74, 6) is 5.53. The molecule has 2 N–H and O–H groups in total. The molecule has 0 unspecified atom stereocenters. The second-order valence-corrected chi connectivity index (χ2v) is 6.88. The Bertz CT molecular complexity index is 1060. The van der Waals surface area contributed by atoms with Gasteiger partial charge in [0, 0.05) is 61.2 Å². The maximum atomic E-state index is 12.2. The van der Waals surface area contributed by atoms with Crippen molar-refractivity contribution in [1.82, 2.24) is 20.2 Å². The van der Waals surface area contributed by atoms with Crippen LogP contribution in [0.3, 0.4) is 0 Å². The number of H-pyrrole nitrogens is 1. The van der Waals surface area contributed by atoms with Gasteiger partial charge in [-0.3, -0.25) is 9.59 Å². The molecular formula is C22H20N4O2. The molecule has 2 amide bonds. The molecule has 4 rings (SSSR count). The second-order valence-electron chi connectivity index (χ2n) is 6.88. The van der Waals surface area contributed by atoms with E-state index in [4.69, 9.17) is 0 Å². The van der Waals surface area contributed by atoms with Crippen molar-refractivity contribution in [2.24, 2.45) is 5.92 Å². The van der Waals surface area contributed by atoms with Crippen molar-refractivity contribution >= 4 is 22.8 Å². The average Bonchev–Trinajstić information content (AvgIpc) is 3.17. The molecule has 1 saturated heterocycles. The molecule has 3 aromatic rings. The van der Waals surface area contributed by atoms with Crippen molar-refractivity contribution in [3.63, 3.8) is 0 Å². The zero-order chi connectivity index (χ0) is 19.3. The first kappa shape index (κ1) is 17.8. The van der Waals surface area contributed by atoms with Gasteiger partial charge in [0.2, 0.25) is 5.91 Å². The molecule has 6 nitrogen and oxygen atoms in total. The third kappa shape index (κ3) is 4.04. The minimum atomic E-state index is -0.188. The van der Waals surface area contributed by atoms with Gasteiger partial charge in [0.25, 0.3) is 5.91 Å². The first-order valence-electron chi connectivity index (χ1n) is 9.22. The van der Waals surface area contributed by atoms with E-state index < -0.39 is 0 Å². The largest absolute Gasteiger partial charge is 0.352 e. The second kappa shape index (κ2) is 7.97. The molecule has 3 heterocycles. The Morgan fingerprint density at radius 1 is 1.18 bits per heavy atom. The van der Waals surface area contributed by atoms with Crippen LogP contribution in [0.4, 0.5) is 0 Å².